The van der Waals surface area contributed by atoms with E-state index >= 15 is 0 Å². The van der Waals surface area contributed by atoms with Crippen molar-refractivity contribution in [2.75, 3.05) is 26.4 Å². The first-order valence-corrected chi connectivity index (χ1v) is 138. The van der Waals surface area contributed by atoms with Crippen molar-refractivity contribution < 1.29 is 53.0 Å². The Bertz CT molecular complexity index is 6850. The van der Waals surface area contributed by atoms with Crippen molar-refractivity contribution in [2.24, 2.45) is 47.3 Å². The molecular formula is C71H134Cl2N2O3S65Si2Ti2-2. The summed E-state index contributed by atoms with van der Waals surface area (Å²) >= 11 is 9.09. The van der Waals surface area contributed by atoms with Gasteiger partial charge in [0.25, 0.3) is 0 Å². The molecule has 868 valence electrons. The van der Waals surface area contributed by atoms with Crippen LogP contribution in [0.2, 0.25) is 36.3 Å². The zero-order valence-corrected chi connectivity index (χ0v) is 142. The van der Waals surface area contributed by atoms with Gasteiger partial charge in [-0.25, -0.2) is 0 Å². The minimum Gasteiger partial charge on any atom is 4.00 e. The van der Waals surface area contributed by atoms with Crippen LogP contribution in [-0.4, -0.2) is 55.0 Å². The van der Waals surface area contributed by atoms with Crippen molar-refractivity contribution in [2.45, 2.75) is 279 Å². The molecule has 4 aliphatic carbocycles. The molecule has 0 bridgehead atoms. The molecule has 4 saturated carbocycles. The molecule has 4 aliphatic rings. The minimum atomic E-state index is -1.80. The van der Waals surface area contributed by atoms with Crippen LogP contribution in [0.1, 0.15) is 231 Å². The quantitative estimate of drug-likeness (QED) is 0.0846. The van der Waals surface area contributed by atoms with Crippen LogP contribution in [0.25, 0.3) is 9.96 Å². The maximum atomic E-state index is 6.12. The first-order valence-electron chi connectivity index (χ1n) is 42.7. The summed E-state index contributed by atoms with van der Waals surface area (Å²) in [6.45, 7) is 32.9. The molecule has 147 heavy (non-hydrogen) atoms. The number of hydrogen-bond acceptors (Lipinski definition) is 5. The molecule has 0 saturated heterocycles. The van der Waals surface area contributed by atoms with Gasteiger partial charge < -0.3 is 53.9 Å². The van der Waals surface area contributed by atoms with E-state index in [1.807, 2.05) is 449 Å². The maximum absolute atomic E-state index is 6.12. The Kier molecular flexibility index (Phi) is 150. The number of nitrogens with zero attached hydrogens (tertiary/aromatic N) is 2. The fourth-order valence-corrected chi connectivity index (χ4v) is 194. The first kappa shape index (κ1) is 170. The predicted octanol–water partition coefficient (Wildman–Crippen LogP) is 24.7. The standard InChI is InChI=1S/2C31H54NOSi.C4H10O.CH4.4CH3.2ClH.S65.2Ti/c2*1-25-26(2)28(4)31(27(25)3)34(5,24-18-23-33-30-21-16-13-17-22-30)32-29-19-14-11-9-7-6-8-10-12-15-20-29;1-3-5-4-2;;;;;;;;1-3-5-7-9-11-13-15-17-19-21-23-25-27-29-31-33-35-37-39-41-43-45-47-49-51-53-55-57-59-61-63-65-64-62-60-58-56-54-52-50-48-46-44-42-40-38-36-34-32-30-28-26-24-22-20-18-16-14-12-10-8-6-4-2;;/h2*13,16-17,21-22,25-29,31H,6-12,14-15,18-20,23-24H2,1-5H3;3-4H2,1-2H3;1H4;4*1H3;2*1H;;;/q2*-1;;;4*-1;;;;+2;+4/p-2/t2*25?,26?,27?,28?,31?,34-;;;;;;;;;;;/m00.........../s1. The van der Waals surface area contributed by atoms with Crippen molar-refractivity contribution in [3.8, 4) is 11.5 Å². The second-order valence-electron chi connectivity index (χ2n) is 29.4. The number of ether oxygens (including phenoxy) is 3. The van der Waals surface area contributed by atoms with Gasteiger partial charge in [-0.3, -0.25) is 0 Å². The molecule has 0 aliphatic heterocycles. The van der Waals surface area contributed by atoms with Crippen LogP contribution in [-0.2, 0) is 625 Å². The largest absolute Gasteiger partial charge is 4.00 e. The number of hydrogen-bond donors (Lipinski definition) is 0. The Balaban J connectivity index is -0.000000691. The summed E-state index contributed by atoms with van der Waals surface area (Å²) in [5.74, 6) is 8.48. The van der Waals surface area contributed by atoms with Crippen molar-refractivity contribution in [3.05, 3.63) is 100 Å². The summed E-state index contributed by atoms with van der Waals surface area (Å²) < 4.78 is 17.1. The van der Waals surface area contributed by atoms with Crippen molar-refractivity contribution >= 4 is 617 Å². The number of rotatable bonds is 18. The van der Waals surface area contributed by atoms with Crippen LogP contribution in [0, 0.1) is 77.0 Å². The Morgan fingerprint density at radius 2 is 0.422 bits per heavy atom. The summed E-state index contributed by atoms with van der Waals surface area (Å²) in [6, 6.07) is 24.5. The molecule has 0 amide bonds. The van der Waals surface area contributed by atoms with Crippen molar-refractivity contribution in [1.29, 1.82) is 0 Å². The van der Waals surface area contributed by atoms with Gasteiger partial charge >= 0.3 is 57.4 Å². The molecular weight excluding hydrogens is 3240 g/mol. The molecule has 0 radical (unpaired) electrons. The molecule has 8 unspecified atom stereocenters. The van der Waals surface area contributed by atoms with Crippen LogP contribution in [0.4, 0.5) is 0 Å². The molecule has 10 atom stereocenters. The van der Waals surface area contributed by atoms with Gasteiger partial charge in [-0.1, -0.05) is 293 Å². The number of para-hydroxylation sites is 2. The van der Waals surface area contributed by atoms with Crippen LogP contribution in [0.5, 0.6) is 11.5 Å². The third kappa shape index (κ3) is 100. The fraction of sp³-hybridized carbons (Fsp3) is 0.775. The molecule has 0 spiro atoms. The topological polar surface area (TPSA) is 55.9 Å². The molecule has 2 aromatic rings. The zero-order valence-electron chi connectivity index (χ0n) is 82.3. The molecule has 76 heteroatoms. The van der Waals surface area contributed by atoms with Crippen molar-refractivity contribution in [3.63, 3.8) is 0 Å². The average molecular weight is 3370 g/mol. The predicted molar refractivity (Wildman–Crippen MR) is 848 cm³/mol. The minimum absolute atomic E-state index is 0. The van der Waals surface area contributed by atoms with E-state index in [2.05, 4.69) is 129 Å². The Morgan fingerprint density at radius 1 is 0.272 bits per heavy atom. The molecule has 4 fully saturated rings. The van der Waals surface area contributed by atoms with Gasteiger partial charge in [0.15, 0.2) is 0 Å². The van der Waals surface area contributed by atoms with E-state index in [1.54, 1.807) is 107 Å². The maximum Gasteiger partial charge on any atom is 4.00 e. The van der Waals surface area contributed by atoms with Gasteiger partial charge in [0.2, 0.25) is 0 Å². The van der Waals surface area contributed by atoms with E-state index < -0.39 is 33.5 Å². The van der Waals surface area contributed by atoms with E-state index in [0.29, 0.717) is 12.1 Å². The average Bonchev–Trinajstić information content (AvgIpc) is 1.62. The van der Waals surface area contributed by atoms with E-state index in [9.17, 15) is 0 Å². The summed E-state index contributed by atoms with van der Waals surface area (Å²) in [5.41, 5.74) is 1.63. The van der Waals surface area contributed by atoms with Gasteiger partial charge in [-0.2, -0.15) is 0 Å². The molecule has 0 heterocycles. The van der Waals surface area contributed by atoms with Crippen LogP contribution < -0.4 is 9.47 Å². The molecule has 0 N–H and O–H groups in total. The zero-order chi connectivity index (χ0) is 102. The summed E-state index contributed by atoms with van der Waals surface area (Å²) in [6.07, 6.45) is 33.3. The second-order valence-corrected chi connectivity index (χ2v) is 152. The third-order valence-corrected chi connectivity index (χ3v) is 169. The van der Waals surface area contributed by atoms with E-state index in [4.69, 9.17) is 65.2 Å². The van der Waals surface area contributed by atoms with Gasteiger partial charge in [-0.15, -0.1) is 12.1 Å². The Labute approximate surface area is 1110 Å². The molecule has 6 rings (SSSR count). The van der Waals surface area contributed by atoms with Gasteiger partial charge in [0, 0.05) is 595 Å². The Morgan fingerprint density at radius 3 is 0.565 bits per heavy atom. The van der Waals surface area contributed by atoms with Crippen LogP contribution >= 0.6 is 18.6 Å². The van der Waals surface area contributed by atoms with Crippen LogP contribution in [0.3, 0.4) is 0 Å². The smallest absolute Gasteiger partial charge is 4.00 e. The monoisotopic (exact) mass is 3360 g/mol. The van der Waals surface area contributed by atoms with Gasteiger partial charge in [0.1, 0.15) is 11.5 Å². The summed E-state index contributed by atoms with van der Waals surface area (Å²) in [4.78, 5) is 12.0. The van der Waals surface area contributed by atoms with Gasteiger partial charge in [-0.05, 0) is 98.3 Å². The molecule has 0 aromatic heterocycles. The molecule has 5 nitrogen and oxygen atoms in total. The Hall–Kier alpha value is 14.7. The second kappa shape index (κ2) is 130. The number of benzene rings is 2. The molecule has 2 aromatic carbocycles. The van der Waals surface area contributed by atoms with E-state index in [-0.39, 0.29) is 58.9 Å². The van der Waals surface area contributed by atoms with E-state index in [0.717, 1.165) is 109 Å². The SMILES string of the molecule is C.CC1C(C)C(C)C([Si@](C)(CCCOc2ccccc2)[N-]C2CCCCCCCCCCC2)C1C.CC1C(C)C(C)C([Si@](C)(CCCOc2ccccc2)[N-]C2CCCCCCCCCCC2)C1C.CCOCC.S=S=S=S=S=S=S=S=S=S=S=S=S=S=S=S=S=S=S=S=S=S=S=S=S=S=S=S=S=S=S=S=S=S=S=S=S=S=S=S=S=S=S=S=S=S=S=S=S=S=S=S=S=S=S=S=S=S=S=S=S=S=S=S=S.[CH3-].[CH3-].[CH3-].[CH3-].[Cl][Ti][Cl].[Ti+4]. The summed E-state index contributed by atoms with van der Waals surface area (Å²) in [5, 5.41) is 0. The first-order chi connectivity index (χ1) is 69.1. The van der Waals surface area contributed by atoms with Crippen LogP contribution in [0.15, 0.2) is 60.7 Å². The van der Waals surface area contributed by atoms with E-state index in [1.165, 1.54) is 171 Å². The summed E-state index contributed by atoms with van der Waals surface area (Å²) in [7, 11) is 119. The van der Waals surface area contributed by atoms with Crippen molar-refractivity contribution in [1.82, 2.24) is 0 Å². The normalized spacial score (nSPS) is 18.6. The number of halogens is 2. The fourth-order valence-electron chi connectivity index (χ4n) is 15.6. The van der Waals surface area contributed by atoms with Gasteiger partial charge in [0.05, 0.1) is 13.2 Å². The third-order valence-electron chi connectivity index (χ3n) is 21.6.